The van der Waals surface area contributed by atoms with Gasteiger partial charge in [-0.25, -0.2) is 4.98 Å². The maximum atomic E-state index is 5.26. The quantitative estimate of drug-likeness (QED) is 0.729. The predicted octanol–water partition coefficient (Wildman–Crippen LogP) is 1.80. The summed E-state index contributed by atoms with van der Waals surface area (Å²) in [5.41, 5.74) is 0.922. The first-order valence-corrected chi connectivity index (χ1v) is 6.60. The third-order valence-corrected chi connectivity index (χ3v) is 3.55. The first-order valence-electron chi connectivity index (χ1n) is 5.72. The van der Waals surface area contributed by atoms with Gasteiger partial charge in [-0.15, -0.1) is 16.4 Å². The third kappa shape index (κ3) is 2.32. The van der Waals surface area contributed by atoms with Crippen molar-refractivity contribution in [3.8, 4) is 27.9 Å². The van der Waals surface area contributed by atoms with Crippen molar-refractivity contribution in [3.63, 3.8) is 0 Å². The van der Waals surface area contributed by atoms with Crippen molar-refractivity contribution in [2.75, 3.05) is 14.2 Å². The van der Waals surface area contributed by atoms with Gasteiger partial charge in [-0.1, -0.05) is 0 Å². The minimum Gasteiger partial charge on any atom is -0.497 e. The molecule has 0 spiro atoms. The summed E-state index contributed by atoms with van der Waals surface area (Å²) in [6.45, 7) is 0. The molecule has 7 nitrogen and oxygen atoms in total. The maximum Gasteiger partial charge on any atom is 0.168 e. The van der Waals surface area contributed by atoms with Gasteiger partial charge in [-0.05, 0) is 22.6 Å². The highest BCUT2D eigenvalue weighted by Crippen LogP contribution is 2.32. The second kappa shape index (κ2) is 5.25. The number of thiazole rings is 1. The van der Waals surface area contributed by atoms with Gasteiger partial charge in [0.25, 0.3) is 0 Å². The number of ether oxygens (including phenoxy) is 2. The van der Waals surface area contributed by atoms with Crippen LogP contribution in [0.1, 0.15) is 0 Å². The lowest BCUT2D eigenvalue weighted by Gasteiger charge is -2.06. The molecule has 0 radical (unpaired) electrons. The second-order valence-electron chi connectivity index (χ2n) is 3.87. The Hall–Kier alpha value is -2.48. The van der Waals surface area contributed by atoms with E-state index in [9.17, 15) is 0 Å². The van der Waals surface area contributed by atoms with E-state index in [2.05, 4.69) is 20.5 Å². The molecule has 3 rings (SSSR count). The summed E-state index contributed by atoms with van der Waals surface area (Å²) in [7, 11) is 3.24. The monoisotopic (exact) mass is 289 g/mol. The van der Waals surface area contributed by atoms with Crippen LogP contribution < -0.4 is 9.47 Å². The largest absolute Gasteiger partial charge is 0.497 e. The Morgan fingerprint density at radius 2 is 1.85 bits per heavy atom. The summed E-state index contributed by atoms with van der Waals surface area (Å²) in [4.78, 5) is 4.50. The van der Waals surface area contributed by atoms with Gasteiger partial charge in [0.1, 0.15) is 22.8 Å². The van der Waals surface area contributed by atoms with Crippen LogP contribution >= 0.6 is 11.3 Å². The number of aromatic nitrogens is 5. The molecular weight excluding hydrogens is 278 g/mol. The molecule has 0 saturated carbocycles. The fourth-order valence-electron chi connectivity index (χ4n) is 1.70. The van der Waals surface area contributed by atoms with Crippen molar-refractivity contribution >= 4 is 11.3 Å². The molecule has 0 aliphatic heterocycles. The van der Waals surface area contributed by atoms with Crippen LogP contribution in [-0.2, 0) is 0 Å². The molecule has 0 aliphatic rings. The molecule has 0 unspecified atom stereocenters. The normalized spacial score (nSPS) is 10.5. The summed E-state index contributed by atoms with van der Waals surface area (Å²) < 4.78 is 12.0. The zero-order valence-electron chi connectivity index (χ0n) is 10.8. The fourth-order valence-corrected chi connectivity index (χ4v) is 2.48. The lowest BCUT2D eigenvalue weighted by Crippen LogP contribution is -1.95. The van der Waals surface area contributed by atoms with E-state index in [-0.39, 0.29) is 0 Å². The molecule has 20 heavy (non-hydrogen) atoms. The van der Waals surface area contributed by atoms with Crippen LogP contribution in [0.4, 0.5) is 0 Å². The van der Waals surface area contributed by atoms with Gasteiger partial charge in [0.15, 0.2) is 5.82 Å². The average Bonchev–Trinajstić information content (AvgIpc) is 3.17. The van der Waals surface area contributed by atoms with E-state index in [0.717, 1.165) is 22.1 Å². The van der Waals surface area contributed by atoms with Crippen LogP contribution in [0.25, 0.3) is 16.4 Å². The number of nitrogens with zero attached hydrogens (tertiary/aromatic N) is 5. The van der Waals surface area contributed by atoms with E-state index < -0.39 is 0 Å². The van der Waals surface area contributed by atoms with Gasteiger partial charge in [0.05, 0.1) is 14.2 Å². The smallest absolute Gasteiger partial charge is 0.168 e. The van der Waals surface area contributed by atoms with Crippen LogP contribution in [-0.4, -0.2) is 39.4 Å². The highest BCUT2D eigenvalue weighted by atomic mass is 32.1. The molecular formula is C12H11N5O2S. The molecule has 0 bridgehead atoms. The maximum absolute atomic E-state index is 5.26. The summed E-state index contributed by atoms with van der Waals surface area (Å²) in [6, 6.07) is 5.63. The van der Waals surface area contributed by atoms with Crippen LogP contribution in [0, 0.1) is 0 Å². The van der Waals surface area contributed by atoms with E-state index >= 15 is 0 Å². The van der Waals surface area contributed by atoms with Crippen molar-refractivity contribution < 1.29 is 9.47 Å². The van der Waals surface area contributed by atoms with Gasteiger partial charge < -0.3 is 9.47 Å². The summed E-state index contributed by atoms with van der Waals surface area (Å²) in [5.74, 6) is 2.12. The Labute approximate surface area is 118 Å². The number of tetrazole rings is 1. The lowest BCUT2D eigenvalue weighted by atomic mass is 10.2. The van der Waals surface area contributed by atoms with Gasteiger partial charge in [-0.2, -0.15) is 4.68 Å². The summed E-state index contributed by atoms with van der Waals surface area (Å²) >= 11 is 1.50. The SMILES string of the molecule is COc1cc(OC)cc(-c2nc(-n3cnnn3)cs2)c1. The standard InChI is InChI=1S/C12H11N5O2S/c1-18-9-3-8(4-10(5-9)19-2)12-14-11(6-20-12)17-7-13-15-16-17/h3-7H,1-2H3. The fraction of sp³-hybridized carbons (Fsp3) is 0.167. The molecule has 0 fully saturated rings. The van der Waals surface area contributed by atoms with Crippen molar-refractivity contribution in [1.29, 1.82) is 0 Å². The van der Waals surface area contributed by atoms with Gasteiger partial charge >= 0.3 is 0 Å². The Balaban J connectivity index is 2.00. The highest BCUT2D eigenvalue weighted by Gasteiger charge is 2.10. The minimum atomic E-state index is 0.678. The van der Waals surface area contributed by atoms with Gasteiger partial charge in [-0.3, -0.25) is 0 Å². The van der Waals surface area contributed by atoms with Crippen molar-refractivity contribution in [1.82, 2.24) is 25.2 Å². The lowest BCUT2D eigenvalue weighted by molar-refractivity contribution is 0.394. The van der Waals surface area contributed by atoms with Crippen LogP contribution in [0.2, 0.25) is 0 Å². The Morgan fingerprint density at radius 1 is 1.10 bits per heavy atom. The van der Waals surface area contributed by atoms with Crippen molar-refractivity contribution in [2.24, 2.45) is 0 Å². The molecule has 3 aromatic rings. The zero-order chi connectivity index (χ0) is 13.9. The molecule has 102 valence electrons. The summed E-state index contributed by atoms with van der Waals surface area (Å²) in [6.07, 6.45) is 1.50. The van der Waals surface area contributed by atoms with Gasteiger partial charge in [0.2, 0.25) is 0 Å². The molecule has 1 aromatic carbocycles. The van der Waals surface area contributed by atoms with Gasteiger partial charge in [0, 0.05) is 17.0 Å². The first kappa shape index (κ1) is 12.5. The van der Waals surface area contributed by atoms with Crippen LogP contribution in [0.15, 0.2) is 29.9 Å². The van der Waals surface area contributed by atoms with E-state index in [1.807, 2.05) is 23.6 Å². The summed E-state index contributed by atoms with van der Waals surface area (Å²) in [5, 5.41) is 13.7. The number of hydrogen-bond acceptors (Lipinski definition) is 7. The topological polar surface area (TPSA) is 75.0 Å². The van der Waals surface area contributed by atoms with Crippen molar-refractivity contribution in [2.45, 2.75) is 0 Å². The Bertz CT molecular complexity index is 688. The molecule has 0 N–H and O–H groups in total. The molecule has 2 aromatic heterocycles. The van der Waals surface area contributed by atoms with E-state index in [1.165, 1.54) is 22.3 Å². The average molecular weight is 289 g/mol. The third-order valence-electron chi connectivity index (χ3n) is 2.67. The zero-order valence-corrected chi connectivity index (χ0v) is 11.7. The minimum absolute atomic E-state index is 0.678. The molecule has 0 amide bonds. The Kier molecular flexibility index (Phi) is 3.30. The van der Waals surface area contributed by atoms with E-state index in [4.69, 9.17) is 9.47 Å². The van der Waals surface area contributed by atoms with Crippen molar-refractivity contribution in [3.05, 3.63) is 29.9 Å². The van der Waals surface area contributed by atoms with E-state index in [1.54, 1.807) is 14.2 Å². The number of benzene rings is 1. The second-order valence-corrected chi connectivity index (χ2v) is 4.72. The first-order chi connectivity index (χ1) is 9.80. The molecule has 0 atom stereocenters. The molecule has 0 saturated heterocycles. The highest BCUT2D eigenvalue weighted by molar-refractivity contribution is 7.13. The number of hydrogen-bond donors (Lipinski definition) is 0. The molecule has 0 aliphatic carbocycles. The van der Waals surface area contributed by atoms with Crippen LogP contribution in [0.5, 0.6) is 11.5 Å². The molecule has 8 heteroatoms. The van der Waals surface area contributed by atoms with Crippen LogP contribution in [0.3, 0.4) is 0 Å². The molecule has 2 heterocycles. The van der Waals surface area contributed by atoms with E-state index in [0.29, 0.717) is 5.82 Å². The predicted molar refractivity (Wildman–Crippen MR) is 73.4 cm³/mol. The number of methoxy groups -OCH3 is 2. The Morgan fingerprint density at radius 3 is 2.45 bits per heavy atom. The number of rotatable bonds is 4.